The first-order valence-electron chi connectivity index (χ1n) is 6.89. The van der Waals surface area contributed by atoms with E-state index in [1.807, 2.05) is 16.8 Å². The Kier molecular flexibility index (Phi) is 4.80. The van der Waals surface area contributed by atoms with Crippen molar-refractivity contribution in [1.29, 1.82) is 0 Å². The highest BCUT2D eigenvalue weighted by Crippen LogP contribution is 2.19. The van der Waals surface area contributed by atoms with Gasteiger partial charge in [-0.2, -0.15) is 0 Å². The number of rotatable bonds is 6. The molecule has 0 atom stereocenters. The van der Waals surface area contributed by atoms with E-state index in [4.69, 9.17) is 16.3 Å². The lowest BCUT2D eigenvalue weighted by Gasteiger charge is -2.15. The van der Waals surface area contributed by atoms with Crippen LogP contribution in [0.2, 0.25) is 30.8 Å². The molecule has 2 aromatic rings. The number of ether oxygens (including phenoxy) is 1. The molecule has 0 aliphatic rings. The Labute approximate surface area is 130 Å². The molecule has 0 bridgehead atoms. The van der Waals surface area contributed by atoms with Gasteiger partial charge in [-0.25, -0.2) is 9.97 Å². The molecule has 114 valence electrons. The second-order valence-corrected chi connectivity index (χ2v) is 12.2. The number of carbonyl (C=O) groups excluding carboxylic acids is 1. The predicted octanol–water partition coefficient (Wildman–Crippen LogP) is 3.60. The zero-order chi connectivity index (χ0) is 15.6. The van der Waals surface area contributed by atoms with Crippen molar-refractivity contribution in [3.63, 3.8) is 0 Å². The standard InChI is InChI=1S/C14H20ClN3O2Si/c1-10(19)12-13(15)17-14-11(16-12)5-6-18(14)9-20-7-8-21(2,3)4/h5-6H,7-9H2,1-4H3. The summed E-state index contributed by atoms with van der Waals surface area (Å²) in [4.78, 5) is 19.9. The SMILES string of the molecule is CC(=O)c1nc2ccn(COCC[Si](C)(C)C)c2nc1Cl. The Bertz CT molecular complexity index is 664. The van der Waals surface area contributed by atoms with Crippen LogP contribution >= 0.6 is 11.6 Å². The third-order valence-corrected chi connectivity index (χ3v) is 5.07. The van der Waals surface area contributed by atoms with E-state index in [2.05, 4.69) is 29.6 Å². The lowest BCUT2D eigenvalue weighted by Crippen LogP contribution is -2.22. The maximum Gasteiger partial charge on any atom is 0.181 e. The first kappa shape index (κ1) is 16.1. The number of hydrogen-bond acceptors (Lipinski definition) is 4. The molecule has 0 saturated heterocycles. The minimum atomic E-state index is -1.08. The average Bonchev–Trinajstić information content (AvgIpc) is 2.74. The van der Waals surface area contributed by atoms with Crippen molar-refractivity contribution in [1.82, 2.24) is 14.5 Å². The quantitative estimate of drug-likeness (QED) is 0.462. The van der Waals surface area contributed by atoms with E-state index in [9.17, 15) is 4.79 Å². The number of nitrogens with zero attached hydrogens (tertiary/aromatic N) is 3. The first-order valence-corrected chi connectivity index (χ1v) is 11.0. The summed E-state index contributed by atoms with van der Waals surface area (Å²) in [6.07, 6.45) is 1.85. The van der Waals surface area contributed by atoms with Crippen molar-refractivity contribution in [3.05, 3.63) is 23.1 Å². The Morgan fingerprint density at radius 3 is 2.71 bits per heavy atom. The van der Waals surface area contributed by atoms with E-state index < -0.39 is 8.07 Å². The molecule has 0 amide bonds. The molecule has 21 heavy (non-hydrogen) atoms. The van der Waals surface area contributed by atoms with Gasteiger partial charge in [0.05, 0.1) is 0 Å². The molecule has 0 aromatic carbocycles. The van der Waals surface area contributed by atoms with Gasteiger partial charge in [0, 0.05) is 27.8 Å². The Hall–Kier alpha value is -1.24. The summed E-state index contributed by atoms with van der Waals surface area (Å²) < 4.78 is 7.55. The molecule has 2 aromatic heterocycles. The highest BCUT2D eigenvalue weighted by atomic mass is 35.5. The molecule has 0 N–H and O–H groups in total. The van der Waals surface area contributed by atoms with Crippen molar-refractivity contribution in [2.24, 2.45) is 0 Å². The van der Waals surface area contributed by atoms with Crippen LogP contribution in [0.5, 0.6) is 0 Å². The van der Waals surface area contributed by atoms with Gasteiger partial charge in [0.1, 0.15) is 17.9 Å². The second-order valence-electron chi connectivity index (χ2n) is 6.26. The summed E-state index contributed by atoms with van der Waals surface area (Å²) in [5.41, 5.74) is 1.50. The van der Waals surface area contributed by atoms with Crippen molar-refractivity contribution in [3.8, 4) is 0 Å². The lowest BCUT2D eigenvalue weighted by atomic mass is 10.3. The van der Waals surface area contributed by atoms with E-state index in [0.29, 0.717) is 17.9 Å². The Morgan fingerprint density at radius 2 is 2.10 bits per heavy atom. The van der Waals surface area contributed by atoms with Crippen LogP contribution < -0.4 is 0 Å². The summed E-state index contributed by atoms with van der Waals surface area (Å²) in [6, 6.07) is 2.93. The van der Waals surface area contributed by atoms with Crippen LogP contribution in [0.3, 0.4) is 0 Å². The molecule has 0 fully saturated rings. The van der Waals surface area contributed by atoms with Gasteiger partial charge < -0.3 is 9.30 Å². The maximum atomic E-state index is 11.4. The fraction of sp³-hybridized carbons (Fsp3) is 0.500. The molecule has 0 unspecified atom stereocenters. The molecule has 0 aliphatic heterocycles. The van der Waals surface area contributed by atoms with Crippen LogP contribution in [-0.4, -0.2) is 35.0 Å². The number of halogens is 1. The lowest BCUT2D eigenvalue weighted by molar-refractivity contribution is 0.0899. The monoisotopic (exact) mass is 325 g/mol. The fourth-order valence-electron chi connectivity index (χ4n) is 1.84. The number of Topliss-reactive ketones (excluding diaryl/α,β-unsaturated/α-hetero) is 1. The van der Waals surface area contributed by atoms with Crippen molar-refractivity contribution >= 4 is 36.6 Å². The number of carbonyl (C=O) groups is 1. The summed E-state index contributed by atoms with van der Waals surface area (Å²) in [7, 11) is -1.08. The Balaban J connectivity index is 2.11. The molecule has 7 heteroatoms. The topological polar surface area (TPSA) is 57.0 Å². The zero-order valence-corrected chi connectivity index (χ0v) is 14.6. The van der Waals surface area contributed by atoms with Crippen LogP contribution in [0.4, 0.5) is 0 Å². The smallest absolute Gasteiger partial charge is 0.181 e. The molecule has 0 radical (unpaired) electrons. The van der Waals surface area contributed by atoms with E-state index in [1.54, 1.807) is 0 Å². The molecule has 0 saturated carbocycles. The molecular weight excluding hydrogens is 306 g/mol. The van der Waals surface area contributed by atoms with Crippen LogP contribution in [0.15, 0.2) is 12.3 Å². The second kappa shape index (κ2) is 6.25. The fourth-order valence-corrected chi connectivity index (χ4v) is 2.86. The van der Waals surface area contributed by atoms with E-state index in [1.165, 1.54) is 6.92 Å². The third-order valence-electron chi connectivity index (χ3n) is 3.11. The minimum Gasteiger partial charge on any atom is -0.361 e. The third kappa shape index (κ3) is 4.12. The van der Waals surface area contributed by atoms with Gasteiger partial charge in [-0.1, -0.05) is 31.2 Å². The van der Waals surface area contributed by atoms with Crippen molar-refractivity contribution in [2.45, 2.75) is 39.3 Å². The van der Waals surface area contributed by atoms with Gasteiger partial charge in [-0.05, 0) is 12.1 Å². The van der Waals surface area contributed by atoms with E-state index >= 15 is 0 Å². The number of ketones is 1. The maximum absolute atomic E-state index is 11.4. The molecule has 0 spiro atoms. The van der Waals surface area contributed by atoms with Crippen LogP contribution in [0.1, 0.15) is 17.4 Å². The first-order chi connectivity index (χ1) is 9.78. The normalized spacial score (nSPS) is 12.0. The molecule has 0 aliphatic carbocycles. The summed E-state index contributed by atoms with van der Waals surface area (Å²) in [6.45, 7) is 9.53. The molecule has 2 rings (SSSR count). The van der Waals surface area contributed by atoms with Crippen molar-refractivity contribution < 1.29 is 9.53 Å². The molecule has 2 heterocycles. The van der Waals surface area contributed by atoms with Crippen LogP contribution in [-0.2, 0) is 11.5 Å². The van der Waals surface area contributed by atoms with Gasteiger partial charge in [0.2, 0.25) is 0 Å². The van der Waals surface area contributed by atoms with Gasteiger partial charge in [-0.3, -0.25) is 4.79 Å². The van der Waals surface area contributed by atoms with Crippen LogP contribution in [0.25, 0.3) is 11.2 Å². The summed E-state index contributed by atoms with van der Waals surface area (Å²) in [5, 5.41) is 0.136. The molecular formula is C14H20ClN3O2Si. The largest absolute Gasteiger partial charge is 0.361 e. The summed E-state index contributed by atoms with van der Waals surface area (Å²) in [5.74, 6) is -0.187. The van der Waals surface area contributed by atoms with E-state index in [0.717, 1.165) is 12.7 Å². The average molecular weight is 326 g/mol. The van der Waals surface area contributed by atoms with Gasteiger partial charge in [-0.15, -0.1) is 0 Å². The van der Waals surface area contributed by atoms with Gasteiger partial charge in [0.25, 0.3) is 0 Å². The number of hydrogen-bond donors (Lipinski definition) is 0. The number of fused-ring (bicyclic) bond motifs is 1. The zero-order valence-electron chi connectivity index (χ0n) is 12.8. The molecule has 5 nitrogen and oxygen atoms in total. The van der Waals surface area contributed by atoms with Crippen LogP contribution in [0, 0.1) is 0 Å². The highest BCUT2D eigenvalue weighted by molar-refractivity contribution is 6.76. The van der Waals surface area contributed by atoms with Gasteiger partial charge in [0.15, 0.2) is 16.6 Å². The highest BCUT2D eigenvalue weighted by Gasteiger charge is 2.14. The van der Waals surface area contributed by atoms with E-state index in [-0.39, 0.29) is 16.6 Å². The summed E-state index contributed by atoms with van der Waals surface area (Å²) >= 11 is 6.01. The number of aromatic nitrogens is 3. The van der Waals surface area contributed by atoms with Crippen molar-refractivity contribution in [2.75, 3.05) is 6.61 Å². The predicted molar refractivity (Wildman–Crippen MR) is 86.6 cm³/mol. The minimum absolute atomic E-state index is 0.136. The Morgan fingerprint density at radius 1 is 1.38 bits per heavy atom. The van der Waals surface area contributed by atoms with Gasteiger partial charge >= 0.3 is 0 Å².